The Morgan fingerprint density at radius 1 is 0.821 bits per heavy atom. The van der Waals surface area contributed by atoms with Gasteiger partial charge in [0.05, 0.1) is 6.04 Å². The molecule has 3 atom stereocenters. The van der Waals surface area contributed by atoms with Crippen LogP contribution in [0.2, 0.25) is 0 Å². The second-order valence-corrected chi connectivity index (χ2v) is 8.50. The first-order valence-corrected chi connectivity index (χ1v) is 10.8. The Morgan fingerprint density at radius 2 is 1.57 bits per heavy atom. The highest BCUT2D eigenvalue weighted by Crippen LogP contribution is 2.52. The highest BCUT2D eigenvalue weighted by atomic mass is 16.3. The molecule has 0 aliphatic carbocycles. The van der Waals surface area contributed by atoms with Crippen LogP contribution in [0.3, 0.4) is 0 Å². The lowest BCUT2D eigenvalue weighted by molar-refractivity contribution is 0.299. The van der Waals surface area contributed by atoms with Crippen molar-refractivity contribution in [1.29, 1.82) is 0 Å². The van der Waals surface area contributed by atoms with E-state index < -0.39 is 0 Å². The van der Waals surface area contributed by atoms with Crippen molar-refractivity contribution in [2.75, 3.05) is 36.1 Å². The Labute approximate surface area is 167 Å². The molecule has 148 valence electrons. The number of anilines is 2. The first kappa shape index (κ1) is 18.0. The molecule has 0 saturated carbocycles. The molecule has 4 heteroatoms. The summed E-state index contributed by atoms with van der Waals surface area (Å²) < 4.78 is 0. The van der Waals surface area contributed by atoms with Crippen LogP contribution < -0.4 is 9.80 Å². The number of fused-ring (bicyclic) bond motifs is 6. The first-order valence-electron chi connectivity index (χ1n) is 10.8. The van der Waals surface area contributed by atoms with E-state index in [1.807, 2.05) is 0 Å². The van der Waals surface area contributed by atoms with Crippen LogP contribution in [0.4, 0.5) is 11.4 Å². The van der Waals surface area contributed by atoms with Crippen molar-refractivity contribution in [2.24, 2.45) is 5.92 Å². The van der Waals surface area contributed by atoms with Crippen molar-refractivity contribution in [2.45, 2.75) is 44.2 Å². The number of rotatable bonds is 5. The van der Waals surface area contributed by atoms with Gasteiger partial charge < -0.3 is 20.0 Å². The Balaban J connectivity index is 1.54. The Bertz CT molecular complexity index is 835. The van der Waals surface area contributed by atoms with Gasteiger partial charge in [0, 0.05) is 49.6 Å². The van der Waals surface area contributed by atoms with Gasteiger partial charge in [0.25, 0.3) is 0 Å². The summed E-state index contributed by atoms with van der Waals surface area (Å²) in [5, 5.41) is 18.6. The maximum absolute atomic E-state index is 9.42. The van der Waals surface area contributed by atoms with Crippen molar-refractivity contribution >= 4 is 11.4 Å². The van der Waals surface area contributed by atoms with E-state index in [0.717, 1.165) is 19.4 Å². The molecule has 0 spiro atoms. The van der Waals surface area contributed by atoms with E-state index in [0.29, 0.717) is 18.0 Å². The maximum atomic E-state index is 9.42. The molecule has 3 aliphatic heterocycles. The molecule has 0 aromatic heterocycles. The van der Waals surface area contributed by atoms with Crippen molar-refractivity contribution in [3.8, 4) is 0 Å². The quantitative estimate of drug-likeness (QED) is 0.838. The lowest BCUT2D eigenvalue weighted by Crippen LogP contribution is -2.44. The second-order valence-electron chi connectivity index (χ2n) is 8.50. The average molecular weight is 379 g/mol. The normalized spacial score (nSPS) is 25.6. The smallest absolute Gasteiger partial charge is 0.0611 e. The standard InChI is InChI=1S/C24H30N2O2/c27-14-10-17-3-6-19(7-4-17)25-13-9-20-22-2-1-12-26(22)23-8-5-18(11-15-28)16-21(23)24(20)25/h3-8,16,20,22,24,27-28H,1-2,9-15H2/t20-,22+,24-/m0/s1. The Kier molecular flexibility index (Phi) is 4.77. The summed E-state index contributed by atoms with van der Waals surface area (Å²) >= 11 is 0. The monoisotopic (exact) mass is 378 g/mol. The second kappa shape index (κ2) is 7.41. The third-order valence-corrected chi connectivity index (χ3v) is 7.03. The molecule has 4 nitrogen and oxygen atoms in total. The van der Waals surface area contributed by atoms with Crippen LogP contribution in [-0.4, -0.2) is 42.6 Å². The number of hydrogen-bond acceptors (Lipinski definition) is 4. The van der Waals surface area contributed by atoms with Gasteiger partial charge >= 0.3 is 0 Å². The van der Waals surface area contributed by atoms with E-state index in [1.165, 1.54) is 53.9 Å². The molecule has 2 N–H and O–H groups in total. The molecule has 3 heterocycles. The number of nitrogens with zero attached hydrogens (tertiary/aromatic N) is 2. The van der Waals surface area contributed by atoms with Gasteiger partial charge in [0.15, 0.2) is 0 Å². The van der Waals surface area contributed by atoms with Gasteiger partial charge in [-0.2, -0.15) is 0 Å². The van der Waals surface area contributed by atoms with Crippen LogP contribution in [-0.2, 0) is 12.8 Å². The van der Waals surface area contributed by atoms with Gasteiger partial charge in [0.2, 0.25) is 0 Å². The molecule has 0 radical (unpaired) electrons. The van der Waals surface area contributed by atoms with Gasteiger partial charge in [-0.1, -0.05) is 24.3 Å². The SMILES string of the molecule is OCCc1ccc(N2CC[C@H]3[C@H]4CCCN4c4ccc(CCO)cc4[C@H]32)cc1. The Hall–Kier alpha value is -2.04. The van der Waals surface area contributed by atoms with Crippen LogP contribution in [0.25, 0.3) is 0 Å². The molecule has 3 aliphatic rings. The largest absolute Gasteiger partial charge is 0.396 e. The molecule has 2 aromatic carbocycles. The van der Waals surface area contributed by atoms with E-state index in [4.69, 9.17) is 0 Å². The molecule has 2 fully saturated rings. The van der Waals surface area contributed by atoms with Crippen LogP contribution in [0.1, 0.15) is 42.0 Å². The molecule has 2 aromatic rings. The fourth-order valence-corrected chi connectivity index (χ4v) is 5.81. The summed E-state index contributed by atoms with van der Waals surface area (Å²) in [6.07, 6.45) is 5.29. The number of benzene rings is 2. The molecule has 0 bridgehead atoms. The zero-order chi connectivity index (χ0) is 19.1. The van der Waals surface area contributed by atoms with E-state index in [2.05, 4.69) is 52.3 Å². The van der Waals surface area contributed by atoms with Crippen LogP contribution in [0.15, 0.2) is 42.5 Å². The van der Waals surface area contributed by atoms with Crippen molar-refractivity contribution < 1.29 is 10.2 Å². The zero-order valence-corrected chi connectivity index (χ0v) is 16.4. The van der Waals surface area contributed by atoms with Crippen molar-refractivity contribution in [1.82, 2.24) is 0 Å². The summed E-state index contributed by atoms with van der Waals surface area (Å²) in [4.78, 5) is 5.26. The molecular formula is C24H30N2O2. The topological polar surface area (TPSA) is 46.9 Å². The predicted molar refractivity (Wildman–Crippen MR) is 113 cm³/mol. The predicted octanol–water partition coefficient (Wildman–Crippen LogP) is 3.31. The number of aliphatic hydroxyl groups is 2. The van der Waals surface area contributed by atoms with Gasteiger partial charge in [-0.15, -0.1) is 0 Å². The third-order valence-electron chi connectivity index (χ3n) is 7.03. The molecule has 2 saturated heterocycles. The lowest BCUT2D eigenvalue weighted by atomic mass is 9.81. The summed E-state index contributed by atoms with van der Waals surface area (Å²) in [5.41, 5.74) is 6.58. The number of hydrogen-bond donors (Lipinski definition) is 2. The number of aliphatic hydroxyl groups excluding tert-OH is 2. The van der Waals surface area contributed by atoms with E-state index in [1.54, 1.807) is 0 Å². The summed E-state index contributed by atoms with van der Waals surface area (Å²) in [5.74, 6) is 0.677. The lowest BCUT2D eigenvalue weighted by Gasteiger charge is -2.44. The van der Waals surface area contributed by atoms with E-state index in [-0.39, 0.29) is 13.2 Å². The highest BCUT2D eigenvalue weighted by molar-refractivity contribution is 5.65. The fraction of sp³-hybridized carbons (Fsp3) is 0.500. The van der Waals surface area contributed by atoms with Gasteiger partial charge in [-0.25, -0.2) is 0 Å². The van der Waals surface area contributed by atoms with E-state index in [9.17, 15) is 10.2 Å². The summed E-state index contributed by atoms with van der Waals surface area (Å²) in [6.45, 7) is 2.68. The van der Waals surface area contributed by atoms with Crippen molar-refractivity contribution in [3.63, 3.8) is 0 Å². The minimum atomic E-state index is 0.201. The van der Waals surface area contributed by atoms with E-state index >= 15 is 0 Å². The molecule has 28 heavy (non-hydrogen) atoms. The van der Waals surface area contributed by atoms with Gasteiger partial charge in [-0.3, -0.25) is 0 Å². The van der Waals surface area contributed by atoms with Gasteiger partial charge in [-0.05, 0) is 67.0 Å². The molecule has 0 unspecified atom stereocenters. The first-order chi connectivity index (χ1) is 13.8. The summed E-state index contributed by atoms with van der Waals surface area (Å²) in [6, 6.07) is 16.7. The minimum absolute atomic E-state index is 0.201. The van der Waals surface area contributed by atoms with Crippen LogP contribution in [0.5, 0.6) is 0 Å². The highest BCUT2D eigenvalue weighted by Gasteiger charge is 2.48. The average Bonchev–Trinajstić information content (AvgIpc) is 3.36. The van der Waals surface area contributed by atoms with Crippen LogP contribution >= 0.6 is 0 Å². The maximum Gasteiger partial charge on any atom is 0.0611 e. The van der Waals surface area contributed by atoms with Gasteiger partial charge in [0.1, 0.15) is 0 Å². The van der Waals surface area contributed by atoms with Crippen molar-refractivity contribution in [3.05, 3.63) is 59.2 Å². The molecule has 0 amide bonds. The summed E-state index contributed by atoms with van der Waals surface area (Å²) in [7, 11) is 0. The molecular weight excluding hydrogens is 348 g/mol. The third kappa shape index (κ3) is 2.90. The zero-order valence-electron chi connectivity index (χ0n) is 16.4. The Morgan fingerprint density at radius 3 is 2.36 bits per heavy atom. The minimum Gasteiger partial charge on any atom is -0.396 e. The van der Waals surface area contributed by atoms with Crippen LogP contribution in [0, 0.1) is 5.92 Å². The molecule has 5 rings (SSSR count). The fourth-order valence-electron chi connectivity index (χ4n) is 5.81.